The largest absolute Gasteiger partial charge is 0.455 e. The number of para-hydroxylation sites is 4. The second kappa shape index (κ2) is 11.5. The first-order valence-electron chi connectivity index (χ1n) is 18.4. The van der Waals surface area contributed by atoms with E-state index in [2.05, 4.69) is 134 Å². The van der Waals surface area contributed by atoms with Gasteiger partial charge in [0.15, 0.2) is 5.78 Å². The third-order valence-electron chi connectivity index (χ3n) is 11.6. The summed E-state index contributed by atoms with van der Waals surface area (Å²) in [5.74, 6) is 0.0102. The smallest absolute Gasteiger partial charge is 0.193 e. The molecule has 9 aromatic rings. The monoisotopic (exact) mass is 692 g/mol. The molecule has 1 spiro atoms. The predicted octanol–water partition coefficient (Wildman–Crippen LogP) is 13.2. The van der Waals surface area contributed by atoms with E-state index in [9.17, 15) is 0 Å². The van der Waals surface area contributed by atoms with Crippen molar-refractivity contribution in [3.63, 3.8) is 0 Å². The van der Waals surface area contributed by atoms with Crippen molar-refractivity contribution in [1.82, 2.24) is 0 Å². The number of furan rings is 2. The number of allylic oxidation sites excluding steroid dienone is 5. The van der Waals surface area contributed by atoms with Crippen LogP contribution < -0.4 is 0 Å². The maximum Gasteiger partial charge on any atom is 0.193 e. The van der Waals surface area contributed by atoms with E-state index in [0.717, 1.165) is 94.0 Å². The van der Waals surface area contributed by atoms with Crippen LogP contribution in [0.2, 0.25) is 0 Å². The van der Waals surface area contributed by atoms with E-state index in [1.54, 1.807) is 0 Å². The topological polar surface area (TPSA) is 43.4 Å². The number of hydrogen-bond donors (Lipinski definition) is 0. The molecule has 0 radical (unpaired) electrons. The predicted molar refractivity (Wildman–Crippen MR) is 220 cm³/mol. The van der Waals surface area contributed by atoms with Crippen LogP contribution in [0.15, 0.2) is 185 Å². The first kappa shape index (κ1) is 30.6. The van der Waals surface area contributed by atoms with E-state index in [-0.39, 0.29) is 5.78 Å². The van der Waals surface area contributed by atoms with E-state index < -0.39 is 5.41 Å². The summed E-state index contributed by atoms with van der Waals surface area (Å²) in [6.45, 7) is 4.51. The number of carbonyl (C=O) groups is 1. The van der Waals surface area contributed by atoms with Gasteiger partial charge >= 0.3 is 0 Å². The lowest BCUT2D eigenvalue weighted by molar-refractivity contribution is 0.103. The number of hydrogen-bond acceptors (Lipinski definition) is 3. The summed E-state index contributed by atoms with van der Waals surface area (Å²) in [7, 11) is 0. The summed E-state index contributed by atoms with van der Waals surface area (Å²) < 4.78 is 13.0. The zero-order valence-corrected chi connectivity index (χ0v) is 29.3. The lowest BCUT2D eigenvalue weighted by Gasteiger charge is -2.42. The fraction of sp³-hybridized carbons (Fsp3) is 0.0392. The molecule has 3 heteroatoms. The molecule has 2 aromatic heterocycles. The molecule has 254 valence electrons. The van der Waals surface area contributed by atoms with Crippen LogP contribution >= 0.6 is 0 Å². The van der Waals surface area contributed by atoms with Crippen LogP contribution in [0.4, 0.5) is 0 Å². The van der Waals surface area contributed by atoms with Gasteiger partial charge in [0.25, 0.3) is 0 Å². The van der Waals surface area contributed by atoms with Gasteiger partial charge < -0.3 is 8.83 Å². The summed E-state index contributed by atoms with van der Waals surface area (Å²) in [4.78, 5) is 15.0. The van der Waals surface area contributed by atoms with Gasteiger partial charge in [0, 0.05) is 43.8 Å². The van der Waals surface area contributed by atoms with E-state index in [4.69, 9.17) is 8.83 Å². The average molecular weight is 693 g/mol. The van der Waals surface area contributed by atoms with Gasteiger partial charge in [-0.25, -0.2) is 0 Å². The van der Waals surface area contributed by atoms with Gasteiger partial charge in [0.2, 0.25) is 0 Å². The maximum absolute atomic E-state index is 15.0. The zero-order valence-electron chi connectivity index (χ0n) is 29.3. The van der Waals surface area contributed by atoms with Gasteiger partial charge in [0.05, 0.1) is 5.41 Å². The van der Waals surface area contributed by atoms with Crippen LogP contribution in [0.3, 0.4) is 0 Å². The Hall–Kier alpha value is -6.97. The normalized spacial score (nSPS) is 17.6. The van der Waals surface area contributed by atoms with Gasteiger partial charge in [0.1, 0.15) is 22.3 Å². The molecule has 0 fully saturated rings. The van der Waals surface area contributed by atoms with Crippen LogP contribution in [-0.4, -0.2) is 5.78 Å². The Kier molecular flexibility index (Phi) is 6.53. The molecule has 0 aliphatic heterocycles. The molecule has 2 aliphatic carbocycles. The van der Waals surface area contributed by atoms with Crippen LogP contribution in [0.25, 0.3) is 71.7 Å². The molecule has 2 aliphatic rings. The first-order chi connectivity index (χ1) is 26.6. The molecule has 0 saturated carbocycles. The highest BCUT2D eigenvalue weighted by molar-refractivity contribution is 6.16. The molecule has 1 atom stereocenters. The SMILES string of the molecule is C=C1/C=C\C=C/CC2(c3ccccc31)c1ccc(-c3cccc4c3oc3ccccc34)cc1C(=O)c1ccc(-c3cccc4c3oc3ccccc34)cc12. The van der Waals surface area contributed by atoms with Gasteiger partial charge in [-0.1, -0.05) is 152 Å². The fourth-order valence-corrected chi connectivity index (χ4v) is 9.11. The van der Waals surface area contributed by atoms with Gasteiger partial charge in [-0.05, 0) is 69.6 Å². The number of ketones is 1. The van der Waals surface area contributed by atoms with Crippen LogP contribution in [0.1, 0.15) is 44.6 Å². The van der Waals surface area contributed by atoms with Crippen LogP contribution in [0.5, 0.6) is 0 Å². The maximum atomic E-state index is 15.0. The van der Waals surface area contributed by atoms with Gasteiger partial charge in [-0.15, -0.1) is 0 Å². The molecule has 1 unspecified atom stereocenters. The van der Waals surface area contributed by atoms with Crippen molar-refractivity contribution < 1.29 is 13.6 Å². The van der Waals surface area contributed by atoms with Gasteiger partial charge in [-0.3, -0.25) is 4.79 Å². The molecular weight excluding hydrogens is 661 g/mol. The quantitative estimate of drug-likeness (QED) is 0.181. The van der Waals surface area contributed by atoms with E-state index in [0.29, 0.717) is 17.5 Å². The lowest BCUT2D eigenvalue weighted by Crippen LogP contribution is -2.37. The van der Waals surface area contributed by atoms with Crippen LogP contribution in [0, 0.1) is 0 Å². The van der Waals surface area contributed by atoms with Crippen molar-refractivity contribution in [3.8, 4) is 22.3 Å². The highest BCUT2D eigenvalue weighted by atomic mass is 16.3. The molecule has 7 aromatic carbocycles. The molecule has 54 heavy (non-hydrogen) atoms. The third-order valence-corrected chi connectivity index (χ3v) is 11.6. The lowest BCUT2D eigenvalue weighted by atomic mass is 9.59. The van der Waals surface area contributed by atoms with Crippen molar-refractivity contribution in [2.45, 2.75) is 11.8 Å². The van der Waals surface area contributed by atoms with Gasteiger partial charge in [-0.2, -0.15) is 0 Å². The number of benzene rings is 7. The third kappa shape index (κ3) is 4.27. The first-order valence-corrected chi connectivity index (χ1v) is 18.4. The summed E-state index contributed by atoms with van der Waals surface area (Å²) in [6.07, 6.45) is 9.10. The summed E-state index contributed by atoms with van der Waals surface area (Å²) in [5, 5.41) is 4.29. The second-order valence-corrected chi connectivity index (χ2v) is 14.4. The molecule has 2 heterocycles. The summed E-state index contributed by atoms with van der Waals surface area (Å²) in [5.41, 5.74) is 13.0. The Bertz CT molecular complexity index is 3130. The van der Waals surface area contributed by atoms with Crippen molar-refractivity contribution in [2.24, 2.45) is 0 Å². The molecule has 11 rings (SSSR count). The Balaban J connectivity index is 1.19. The van der Waals surface area contributed by atoms with Crippen molar-refractivity contribution in [1.29, 1.82) is 0 Å². The zero-order chi connectivity index (χ0) is 36.0. The van der Waals surface area contributed by atoms with E-state index >= 15 is 4.79 Å². The Morgan fingerprint density at radius 1 is 0.481 bits per heavy atom. The molecule has 0 bridgehead atoms. The standard InChI is InChI=1S/C51H32O3/c1-31-13-3-2-10-28-51(43-21-7-4-14-34(31)43)44-27-25-32(35-17-11-19-39-37-15-5-8-22-46(37)53-49(35)39)29-42(44)48(52)41-26-24-33(30-45(41)51)36-18-12-20-40-38-16-6-9-23-47(38)54-50(36)40/h2-27,29-30H,1,28H2/b10-2-,13-3-. The average Bonchev–Trinajstić information content (AvgIpc) is 3.81. The molecular formula is C51H32O3. The van der Waals surface area contributed by atoms with E-state index in [1.165, 1.54) is 0 Å². The Morgan fingerprint density at radius 3 is 1.78 bits per heavy atom. The van der Waals surface area contributed by atoms with Crippen molar-refractivity contribution >= 4 is 55.2 Å². The minimum absolute atomic E-state index is 0.0102. The highest BCUT2D eigenvalue weighted by Crippen LogP contribution is 2.53. The number of fused-ring (bicyclic) bond motifs is 12. The molecule has 0 N–H and O–H groups in total. The minimum atomic E-state index is -0.706. The minimum Gasteiger partial charge on any atom is -0.455 e. The number of carbonyl (C=O) groups excluding carboxylic acids is 1. The summed E-state index contributed by atoms with van der Waals surface area (Å²) >= 11 is 0. The van der Waals surface area contributed by atoms with Crippen molar-refractivity contribution in [2.75, 3.05) is 0 Å². The number of rotatable bonds is 2. The molecule has 0 saturated heterocycles. The molecule has 0 amide bonds. The molecule has 3 nitrogen and oxygen atoms in total. The fourth-order valence-electron chi connectivity index (χ4n) is 9.11. The Morgan fingerprint density at radius 2 is 1.06 bits per heavy atom. The highest BCUT2D eigenvalue weighted by Gasteiger charge is 2.46. The Labute approximate surface area is 311 Å². The van der Waals surface area contributed by atoms with Crippen molar-refractivity contribution in [3.05, 3.63) is 210 Å². The van der Waals surface area contributed by atoms with E-state index in [1.807, 2.05) is 42.5 Å². The van der Waals surface area contributed by atoms with Crippen LogP contribution in [-0.2, 0) is 5.41 Å². The summed E-state index contributed by atoms with van der Waals surface area (Å²) in [6, 6.07) is 50.2. The second-order valence-electron chi connectivity index (χ2n) is 14.4.